The summed E-state index contributed by atoms with van der Waals surface area (Å²) in [7, 11) is 1.76. The van der Waals surface area contributed by atoms with E-state index in [2.05, 4.69) is 5.32 Å². The SMILES string of the molecule is CCOC(=O)[C@@H](C)Nc1ccccc1C(=O)N(C)Cc1ccccc1. The Morgan fingerprint density at radius 3 is 2.40 bits per heavy atom. The smallest absolute Gasteiger partial charge is 0.328 e. The average molecular weight is 340 g/mol. The van der Waals surface area contributed by atoms with E-state index in [-0.39, 0.29) is 11.9 Å². The van der Waals surface area contributed by atoms with Gasteiger partial charge in [-0.05, 0) is 31.5 Å². The number of carbonyl (C=O) groups is 2. The van der Waals surface area contributed by atoms with Gasteiger partial charge in [0.05, 0.1) is 12.2 Å². The molecule has 0 spiro atoms. The van der Waals surface area contributed by atoms with E-state index in [1.165, 1.54) is 0 Å². The molecule has 5 nitrogen and oxygen atoms in total. The zero-order valence-corrected chi connectivity index (χ0v) is 14.9. The van der Waals surface area contributed by atoms with Crippen molar-refractivity contribution in [2.75, 3.05) is 19.0 Å². The molecule has 0 unspecified atom stereocenters. The van der Waals surface area contributed by atoms with Gasteiger partial charge in [-0.25, -0.2) is 4.79 Å². The van der Waals surface area contributed by atoms with Gasteiger partial charge >= 0.3 is 5.97 Å². The lowest BCUT2D eigenvalue weighted by Gasteiger charge is -2.21. The Kier molecular flexibility index (Phi) is 6.57. The van der Waals surface area contributed by atoms with Gasteiger partial charge in [0.1, 0.15) is 6.04 Å². The molecule has 25 heavy (non-hydrogen) atoms. The molecule has 0 aliphatic heterocycles. The van der Waals surface area contributed by atoms with Crippen LogP contribution in [0.25, 0.3) is 0 Å². The molecule has 1 amide bonds. The first kappa shape index (κ1) is 18.5. The number of rotatable bonds is 7. The first-order valence-electron chi connectivity index (χ1n) is 8.34. The number of hydrogen-bond donors (Lipinski definition) is 1. The van der Waals surface area contributed by atoms with Crippen LogP contribution in [-0.2, 0) is 16.1 Å². The third-order valence-corrected chi connectivity index (χ3v) is 3.78. The molecule has 2 aromatic carbocycles. The highest BCUT2D eigenvalue weighted by atomic mass is 16.5. The number of anilines is 1. The van der Waals surface area contributed by atoms with E-state index in [1.807, 2.05) is 42.5 Å². The van der Waals surface area contributed by atoms with Gasteiger partial charge in [0, 0.05) is 19.3 Å². The van der Waals surface area contributed by atoms with Crippen LogP contribution >= 0.6 is 0 Å². The molecule has 0 aliphatic carbocycles. The van der Waals surface area contributed by atoms with Crippen molar-refractivity contribution >= 4 is 17.6 Å². The fourth-order valence-corrected chi connectivity index (χ4v) is 2.49. The van der Waals surface area contributed by atoms with Crippen LogP contribution in [-0.4, -0.2) is 36.5 Å². The van der Waals surface area contributed by atoms with Crippen molar-refractivity contribution in [2.24, 2.45) is 0 Å². The lowest BCUT2D eigenvalue weighted by Crippen LogP contribution is -2.31. The topological polar surface area (TPSA) is 58.6 Å². The Hall–Kier alpha value is -2.82. The van der Waals surface area contributed by atoms with Crippen molar-refractivity contribution in [3.63, 3.8) is 0 Å². The molecule has 0 heterocycles. The average Bonchev–Trinajstić information content (AvgIpc) is 2.62. The van der Waals surface area contributed by atoms with Crippen LogP contribution < -0.4 is 5.32 Å². The van der Waals surface area contributed by atoms with E-state index in [0.29, 0.717) is 24.4 Å². The summed E-state index contributed by atoms with van der Waals surface area (Å²) in [4.78, 5) is 26.3. The zero-order chi connectivity index (χ0) is 18.2. The third-order valence-electron chi connectivity index (χ3n) is 3.78. The largest absolute Gasteiger partial charge is 0.464 e. The number of amides is 1. The van der Waals surface area contributed by atoms with Crippen molar-refractivity contribution in [3.8, 4) is 0 Å². The fourth-order valence-electron chi connectivity index (χ4n) is 2.49. The monoisotopic (exact) mass is 340 g/mol. The molecule has 0 saturated carbocycles. The highest BCUT2D eigenvalue weighted by Gasteiger charge is 2.19. The second kappa shape index (κ2) is 8.87. The second-order valence-electron chi connectivity index (χ2n) is 5.81. The molecule has 0 bridgehead atoms. The highest BCUT2D eigenvalue weighted by molar-refractivity contribution is 6.00. The maximum absolute atomic E-state index is 12.8. The molecule has 0 aliphatic rings. The maximum atomic E-state index is 12.8. The number of carbonyl (C=O) groups excluding carboxylic acids is 2. The van der Waals surface area contributed by atoms with Gasteiger partial charge < -0.3 is 15.0 Å². The predicted octanol–water partition coefficient (Wildman–Crippen LogP) is 3.32. The molecule has 2 rings (SSSR count). The predicted molar refractivity (Wildman–Crippen MR) is 98.4 cm³/mol. The highest BCUT2D eigenvalue weighted by Crippen LogP contribution is 2.19. The molecule has 1 N–H and O–H groups in total. The number of nitrogens with zero attached hydrogens (tertiary/aromatic N) is 1. The van der Waals surface area contributed by atoms with Crippen molar-refractivity contribution < 1.29 is 14.3 Å². The van der Waals surface area contributed by atoms with Gasteiger partial charge in [0.25, 0.3) is 5.91 Å². The Morgan fingerprint density at radius 1 is 1.08 bits per heavy atom. The number of hydrogen-bond acceptors (Lipinski definition) is 4. The van der Waals surface area contributed by atoms with Crippen LogP contribution in [0, 0.1) is 0 Å². The summed E-state index contributed by atoms with van der Waals surface area (Å²) in [6.07, 6.45) is 0. The van der Waals surface area contributed by atoms with Gasteiger partial charge in [-0.1, -0.05) is 42.5 Å². The first-order chi connectivity index (χ1) is 12.0. The van der Waals surface area contributed by atoms with Crippen LogP contribution in [0.3, 0.4) is 0 Å². The lowest BCUT2D eigenvalue weighted by molar-refractivity contribution is -0.143. The molecule has 0 saturated heterocycles. The normalized spacial score (nSPS) is 11.5. The summed E-state index contributed by atoms with van der Waals surface area (Å²) >= 11 is 0. The van der Waals surface area contributed by atoms with Gasteiger partial charge in [-0.2, -0.15) is 0 Å². The van der Waals surface area contributed by atoms with E-state index < -0.39 is 6.04 Å². The minimum absolute atomic E-state index is 0.108. The van der Waals surface area contributed by atoms with Crippen molar-refractivity contribution in [1.29, 1.82) is 0 Å². The quantitative estimate of drug-likeness (QED) is 0.786. The second-order valence-corrected chi connectivity index (χ2v) is 5.81. The molecule has 132 valence electrons. The maximum Gasteiger partial charge on any atom is 0.328 e. The van der Waals surface area contributed by atoms with Gasteiger partial charge in [-0.3, -0.25) is 4.79 Å². The van der Waals surface area contributed by atoms with Crippen LogP contribution in [0.4, 0.5) is 5.69 Å². The van der Waals surface area contributed by atoms with Gasteiger partial charge in [0.15, 0.2) is 0 Å². The van der Waals surface area contributed by atoms with Crippen molar-refractivity contribution in [1.82, 2.24) is 4.90 Å². The number of benzene rings is 2. The summed E-state index contributed by atoms with van der Waals surface area (Å²) < 4.78 is 5.01. The van der Waals surface area contributed by atoms with Crippen molar-refractivity contribution in [2.45, 2.75) is 26.4 Å². The summed E-state index contributed by atoms with van der Waals surface area (Å²) in [5.74, 6) is -0.453. The fraction of sp³-hybridized carbons (Fsp3) is 0.300. The molecule has 0 aromatic heterocycles. The lowest BCUT2D eigenvalue weighted by atomic mass is 10.1. The molecule has 0 radical (unpaired) electrons. The van der Waals surface area contributed by atoms with E-state index in [1.54, 1.807) is 37.9 Å². The first-order valence-corrected chi connectivity index (χ1v) is 8.34. The number of nitrogens with one attached hydrogen (secondary N) is 1. The van der Waals surface area contributed by atoms with Gasteiger partial charge in [-0.15, -0.1) is 0 Å². The standard InChI is InChI=1S/C20H24N2O3/c1-4-25-20(24)15(2)21-18-13-9-8-12-17(18)19(23)22(3)14-16-10-6-5-7-11-16/h5-13,15,21H,4,14H2,1-3H3/t15-/m1/s1. The Labute approximate surface area is 148 Å². The van der Waals surface area contributed by atoms with Crippen LogP contribution in [0.5, 0.6) is 0 Å². The van der Waals surface area contributed by atoms with E-state index in [4.69, 9.17) is 4.74 Å². The zero-order valence-electron chi connectivity index (χ0n) is 14.9. The summed E-state index contributed by atoms with van der Waals surface area (Å²) in [5.41, 5.74) is 2.20. The van der Waals surface area contributed by atoms with Crippen LogP contribution in [0.15, 0.2) is 54.6 Å². The number of esters is 1. The molecular formula is C20H24N2O3. The summed E-state index contributed by atoms with van der Waals surface area (Å²) in [6.45, 7) is 4.32. The molecule has 1 atom stereocenters. The number of para-hydroxylation sites is 1. The molecule has 0 fully saturated rings. The Bertz CT molecular complexity index is 716. The summed E-state index contributed by atoms with van der Waals surface area (Å²) in [6, 6.07) is 16.5. The Balaban J connectivity index is 2.13. The van der Waals surface area contributed by atoms with Gasteiger partial charge in [0.2, 0.25) is 0 Å². The van der Waals surface area contributed by atoms with Crippen LogP contribution in [0.1, 0.15) is 29.8 Å². The van der Waals surface area contributed by atoms with E-state index in [0.717, 1.165) is 5.56 Å². The van der Waals surface area contributed by atoms with Crippen LogP contribution in [0.2, 0.25) is 0 Å². The third kappa shape index (κ3) is 5.08. The molecule has 5 heteroatoms. The van der Waals surface area contributed by atoms with Crippen molar-refractivity contribution in [3.05, 3.63) is 65.7 Å². The molecule has 2 aromatic rings. The molecular weight excluding hydrogens is 316 g/mol. The van der Waals surface area contributed by atoms with E-state index in [9.17, 15) is 9.59 Å². The Morgan fingerprint density at radius 2 is 1.72 bits per heavy atom. The summed E-state index contributed by atoms with van der Waals surface area (Å²) in [5, 5.41) is 3.07. The minimum Gasteiger partial charge on any atom is -0.464 e. The minimum atomic E-state index is -0.534. The van der Waals surface area contributed by atoms with E-state index >= 15 is 0 Å². The number of ether oxygens (including phenoxy) is 1.